The van der Waals surface area contributed by atoms with Gasteiger partial charge in [0.25, 0.3) is 0 Å². The molecule has 0 bridgehead atoms. The van der Waals surface area contributed by atoms with Crippen LogP contribution in [0.2, 0.25) is 0 Å². The largest absolute Gasteiger partial charge is 0.356 e. The molecule has 0 aliphatic rings. The van der Waals surface area contributed by atoms with Gasteiger partial charge in [0.15, 0.2) is 0 Å². The number of anilines is 4. The van der Waals surface area contributed by atoms with Crippen LogP contribution < -0.4 is 10.6 Å². The number of fused-ring (bicyclic) bond motifs is 2. The maximum absolute atomic E-state index is 3.50. The molecule has 7 rings (SSSR count). The van der Waals surface area contributed by atoms with Crippen molar-refractivity contribution in [3.05, 3.63) is 158 Å². The first-order chi connectivity index (χ1) is 19.8. The quantitative estimate of drug-likeness (QED) is 0.217. The van der Waals surface area contributed by atoms with Gasteiger partial charge in [-0.05, 0) is 92.3 Å². The molecular weight excluding hydrogens is 484 g/mol. The average molecular weight is 513 g/mol. The third kappa shape index (κ3) is 4.57. The van der Waals surface area contributed by atoms with Crippen LogP contribution in [0.25, 0.3) is 43.8 Å². The molecule has 2 nitrogen and oxygen atoms in total. The molecule has 0 radical (unpaired) electrons. The number of benzene rings is 7. The zero-order valence-corrected chi connectivity index (χ0v) is 22.0. The fraction of sp³-hybridized carbons (Fsp3) is 0. The summed E-state index contributed by atoms with van der Waals surface area (Å²) in [6, 6.07) is 55.7. The second kappa shape index (κ2) is 10.4. The molecule has 0 saturated carbocycles. The molecule has 7 aromatic carbocycles. The van der Waals surface area contributed by atoms with Crippen LogP contribution in [0.3, 0.4) is 0 Å². The highest BCUT2D eigenvalue weighted by Gasteiger charge is 2.16. The molecule has 0 spiro atoms. The lowest BCUT2D eigenvalue weighted by molar-refractivity contribution is 1.54. The van der Waals surface area contributed by atoms with Gasteiger partial charge in [0.2, 0.25) is 0 Å². The Bertz CT molecular complexity index is 1710. The van der Waals surface area contributed by atoms with Gasteiger partial charge in [-0.3, -0.25) is 0 Å². The van der Waals surface area contributed by atoms with Crippen molar-refractivity contribution >= 4 is 44.3 Å². The lowest BCUT2D eigenvalue weighted by atomic mass is 9.86. The molecule has 2 N–H and O–H groups in total. The molecule has 0 fully saturated rings. The Labute approximate surface area is 234 Å². The summed E-state index contributed by atoms with van der Waals surface area (Å²) in [5.74, 6) is 0. The molecule has 7 aromatic rings. The molecule has 2 heteroatoms. The third-order valence-corrected chi connectivity index (χ3v) is 7.40. The van der Waals surface area contributed by atoms with Gasteiger partial charge in [0, 0.05) is 22.7 Å². The lowest BCUT2D eigenvalue weighted by Gasteiger charge is -2.18. The van der Waals surface area contributed by atoms with Crippen molar-refractivity contribution in [2.24, 2.45) is 0 Å². The van der Waals surface area contributed by atoms with Crippen LogP contribution in [-0.2, 0) is 0 Å². The van der Waals surface area contributed by atoms with Crippen LogP contribution in [0.15, 0.2) is 158 Å². The van der Waals surface area contributed by atoms with Crippen molar-refractivity contribution in [3.63, 3.8) is 0 Å². The Morgan fingerprint density at radius 2 is 0.525 bits per heavy atom. The maximum Gasteiger partial charge on any atom is 0.0384 e. The normalized spacial score (nSPS) is 11.0. The monoisotopic (exact) mass is 512 g/mol. The number of hydrogen-bond donors (Lipinski definition) is 2. The van der Waals surface area contributed by atoms with E-state index in [9.17, 15) is 0 Å². The van der Waals surface area contributed by atoms with Gasteiger partial charge in [0.05, 0.1) is 0 Å². The zero-order chi connectivity index (χ0) is 26.7. The van der Waals surface area contributed by atoms with E-state index in [0.717, 1.165) is 22.7 Å². The van der Waals surface area contributed by atoms with E-state index in [-0.39, 0.29) is 0 Å². The van der Waals surface area contributed by atoms with E-state index in [1.54, 1.807) is 0 Å². The highest BCUT2D eigenvalue weighted by Crippen LogP contribution is 2.44. The van der Waals surface area contributed by atoms with Gasteiger partial charge in [-0.25, -0.2) is 0 Å². The summed E-state index contributed by atoms with van der Waals surface area (Å²) in [6.45, 7) is 0. The van der Waals surface area contributed by atoms with Crippen LogP contribution >= 0.6 is 0 Å². The van der Waals surface area contributed by atoms with Gasteiger partial charge < -0.3 is 10.6 Å². The van der Waals surface area contributed by atoms with Crippen LogP contribution in [0.1, 0.15) is 0 Å². The number of para-hydroxylation sites is 2. The molecule has 190 valence electrons. The average Bonchev–Trinajstić information content (AvgIpc) is 3.02. The van der Waals surface area contributed by atoms with Crippen LogP contribution in [0, 0.1) is 0 Å². The molecule has 40 heavy (non-hydrogen) atoms. The molecule has 0 amide bonds. The van der Waals surface area contributed by atoms with Gasteiger partial charge >= 0.3 is 0 Å². The highest BCUT2D eigenvalue weighted by molar-refractivity contribution is 6.21. The minimum atomic E-state index is 1.07. The summed E-state index contributed by atoms with van der Waals surface area (Å²) in [4.78, 5) is 0. The van der Waals surface area contributed by atoms with Gasteiger partial charge in [-0.2, -0.15) is 0 Å². The summed E-state index contributed by atoms with van der Waals surface area (Å²) in [7, 11) is 0. The Kier molecular flexibility index (Phi) is 6.20. The SMILES string of the molecule is c1ccc(Nc2ccc(-c3c4ccccc4c(-c4ccc(Nc5ccccc5)cc4)c4ccccc34)cc2)cc1. The van der Waals surface area contributed by atoms with Gasteiger partial charge in [-0.1, -0.05) is 109 Å². The van der Waals surface area contributed by atoms with E-state index in [1.165, 1.54) is 43.8 Å². The first-order valence-corrected chi connectivity index (χ1v) is 13.6. The lowest BCUT2D eigenvalue weighted by Crippen LogP contribution is -1.93. The zero-order valence-electron chi connectivity index (χ0n) is 22.0. The minimum absolute atomic E-state index is 1.07. The number of hydrogen-bond acceptors (Lipinski definition) is 2. The molecule has 0 atom stereocenters. The standard InChI is InChI=1S/C38H28N2/c1-3-11-29(12-4-1)39-31-23-19-27(20-24-31)37-33-15-7-9-17-35(33)38(36-18-10-8-16-34(36)37)28-21-25-32(26-22-28)40-30-13-5-2-6-14-30/h1-26,39-40H. The molecule has 0 saturated heterocycles. The van der Waals surface area contributed by atoms with Crippen molar-refractivity contribution < 1.29 is 0 Å². The van der Waals surface area contributed by atoms with Crippen molar-refractivity contribution in [1.82, 2.24) is 0 Å². The van der Waals surface area contributed by atoms with E-state index in [4.69, 9.17) is 0 Å². The Balaban J connectivity index is 1.33. The second-order valence-electron chi connectivity index (χ2n) is 9.98. The maximum atomic E-state index is 3.50. The van der Waals surface area contributed by atoms with Crippen LogP contribution in [-0.4, -0.2) is 0 Å². The summed E-state index contributed by atoms with van der Waals surface area (Å²) in [5.41, 5.74) is 9.27. The summed E-state index contributed by atoms with van der Waals surface area (Å²) >= 11 is 0. The van der Waals surface area contributed by atoms with Crippen LogP contribution in [0.4, 0.5) is 22.7 Å². The predicted molar refractivity (Wildman–Crippen MR) is 172 cm³/mol. The van der Waals surface area contributed by atoms with E-state index >= 15 is 0 Å². The third-order valence-electron chi connectivity index (χ3n) is 7.40. The summed E-state index contributed by atoms with van der Waals surface area (Å²) < 4.78 is 0. The summed E-state index contributed by atoms with van der Waals surface area (Å²) in [5, 5.41) is 12.0. The Morgan fingerprint density at radius 3 is 0.850 bits per heavy atom. The van der Waals surface area contributed by atoms with E-state index in [2.05, 4.69) is 132 Å². The molecule has 0 aliphatic carbocycles. The molecule has 0 heterocycles. The fourth-order valence-corrected chi connectivity index (χ4v) is 5.57. The molecule has 0 aliphatic heterocycles. The van der Waals surface area contributed by atoms with E-state index < -0.39 is 0 Å². The molecular formula is C38H28N2. The number of nitrogens with one attached hydrogen (secondary N) is 2. The van der Waals surface area contributed by atoms with Gasteiger partial charge in [0.1, 0.15) is 0 Å². The highest BCUT2D eigenvalue weighted by atomic mass is 14.9. The molecule has 0 unspecified atom stereocenters. The summed E-state index contributed by atoms with van der Waals surface area (Å²) in [6.07, 6.45) is 0. The first kappa shape index (κ1) is 23.8. The van der Waals surface area contributed by atoms with Crippen molar-refractivity contribution in [1.29, 1.82) is 0 Å². The van der Waals surface area contributed by atoms with Crippen molar-refractivity contribution in [3.8, 4) is 22.3 Å². The van der Waals surface area contributed by atoms with Crippen LogP contribution in [0.5, 0.6) is 0 Å². The smallest absolute Gasteiger partial charge is 0.0384 e. The fourth-order valence-electron chi connectivity index (χ4n) is 5.57. The van der Waals surface area contributed by atoms with E-state index in [1.807, 2.05) is 36.4 Å². The van der Waals surface area contributed by atoms with Crippen molar-refractivity contribution in [2.75, 3.05) is 10.6 Å². The Morgan fingerprint density at radius 1 is 0.250 bits per heavy atom. The minimum Gasteiger partial charge on any atom is -0.356 e. The van der Waals surface area contributed by atoms with E-state index in [0.29, 0.717) is 0 Å². The second-order valence-corrected chi connectivity index (χ2v) is 9.98. The molecule has 0 aromatic heterocycles. The number of rotatable bonds is 6. The van der Waals surface area contributed by atoms with Gasteiger partial charge in [-0.15, -0.1) is 0 Å². The van der Waals surface area contributed by atoms with Crippen molar-refractivity contribution in [2.45, 2.75) is 0 Å². The first-order valence-electron chi connectivity index (χ1n) is 13.6. The Hall–Kier alpha value is -5.34. The predicted octanol–water partition coefficient (Wildman–Crippen LogP) is 10.8. The topological polar surface area (TPSA) is 24.1 Å².